The second-order valence-electron chi connectivity index (χ2n) is 7.27. The molecule has 0 bridgehead atoms. The standard InChI is InChI=1S/C23H28N2O4/c1-5-17-9-7-11-19(13-17)24-20(26)14-29-23(28)21(15(2)3)25-22(27)18-10-6-8-16(4)12-18/h6-13,15,21H,5,14H2,1-4H3,(H,24,26)(H,25,27)/t21-/m0/s1. The summed E-state index contributed by atoms with van der Waals surface area (Å²) < 4.78 is 5.15. The van der Waals surface area contributed by atoms with Gasteiger partial charge in [0, 0.05) is 11.3 Å². The van der Waals surface area contributed by atoms with Crippen molar-refractivity contribution >= 4 is 23.5 Å². The lowest BCUT2D eigenvalue weighted by molar-refractivity contribution is -0.150. The van der Waals surface area contributed by atoms with Crippen LogP contribution in [0.5, 0.6) is 0 Å². The summed E-state index contributed by atoms with van der Waals surface area (Å²) in [5.74, 6) is -1.62. The topological polar surface area (TPSA) is 84.5 Å². The quantitative estimate of drug-likeness (QED) is 0.669. The first-order valence-corrected chi connectivity index (χ1v) is 9.73. The minimum Gasteiger partial charge on any atom is -0.454 e. The molecule has 0 aliphatic rings. The summed E-state index contributed by atoms with van der Waals surface area (Å²) >= 11 is 0. The van der Waals surface area contributed by atoms with Crippen molar-refractivity contribution in [3.05, 3.63) is 65.2 Å². The van der Waals surface area contributed by atoms with Crippen molar-refractivity contribution in [2.45, 2.75) is 40.2 Å². The lowest BCUT2D eigenvalue weighted by Gasteiger charge is -2.21. The summed E-state index contributed by atoms with van der Waals surface area (Å²) in [7, 11) is 0. The van der Waals surface area contributed by atoms with Crippen LogP contribution in [0.2, 0.25) is 0 Å². The van der Waals surface area contributed by atoms with Crippen LogP contribution in [0.1, 0.15) is 42.3 Å². The molecule has 1 atom stereocenters. The van der Waals surface area contributed by atoms with Crippen molar-refractivity contribution in [1.82, 2.24) is 5.32 Å². The number of aryl methyl sites for hydroxylation is 2. The third kappa shape index (κ3) is 6.75. The highest BCUT2D eigenvalue weighted by atomic mass is 16.5. The predicted molar refractivity (Wildman–Crippen MR) is 113 cm³/mol. The lowest BCUT2D eigenvalue weighted by atomic mass is 10.0. The summed E-state index contributed by atoms with van der Waals surface area (Å²) in [5.41, 5.74) is 3.17. The molecule has 2 N–H and O–H groups in total. The Balaban J connectivity index is 1.93. The van der Waals surface area contributed by atoms with E-state index in [-0.39, 0.29) is 11.8 Å². The van der Waals surface area contributed by atoms with Crippen LogP contribution in [0.15, 0.2) is 48.5 Å². The zero-order chi connectivity index (χ0) is 21.4. The molecule has 2 aromatic carbocycles. The number of carbonyl (C=O) groups excluding carboxylic acids is 3. The Bertz CT molecular complexity index is 877. The zero-order valence-electron chi connectivity index (χ0n) is 17.3. The number of carbonyl (C=O) groups is 3. The van der Waals surface area contributed by atoms with Crippen LogP contribution < -0.4 is 10.6 Å². The Hall–Kier alpha value is -3.15. The molecule has 154 valence electrons. The molecule has 0 aromatic heterocycles. The number of ether oxygens (including phenoxy) is 1. The third-order valence-electron chi connectivity index (χ3n) is 4.45. The van der Waals surface area contributed by atoms with E-state index >= 15 is 0 Å². The number of benzene rings is 2. The Morgan fingerprint density at radius 1 is 1.03 bits per heavy atom. The van der Waals surface area contributed by atoms with E-state index in [1.165, 1.54) is 0 Å². The molecule has 0 aliphatic heterocycles. The molecule has 2 aromatic rings. The van der Waals surface area contributed by atoms with Gasteiger partial charge in [-0.2, -0.15) is 0 Å². The van der Waals surface area contributed by atoms with E-state index in [0.29, 0.717) is 11.3 Å². The molecule has 0 spiro atoms. The Labute approximate surface area is 171 Å². The molecule has 0 saturated heterocycles. The van der Waals surface area contributed by atoms with E-state index in [0.717, 1.165) is 17.5 Å². The summed E-state index contributed by atoms with van der Waals surface area (Å²) in [6.07, 6.45) is 0.857. The summed E-state index contributed by atoms with van der Waals surface area (Å²) in [4.78, 5) is 37.0. The fraction of sp³-hybridized carbons (Fsp3) is 0.348. The van der Waals surface area contributed by atoms with E-state index in [9.17, 15) is 14.4 Å². The van der Waals surface area contributed by atoms with Gasteiger partial charge in [0.2, 0.25) is 0 Å². The number of rotatable bonds is 8. The molecular weight excluding hydrogens is 368 g/mol. The molecule has 2 amide bonds. The number of hydrogen-bond donors (Lipinski definition) is 2. The monoisotopic (exact) mass is 396 g/mol. The van der Waals surface area contributed by atoms with Crippen molar-refractivity contribution in [2.24, 2.45) is 5.92 Å². The van der Waals surface area contributed by atoms with Crippen LogP contribution in [0.4, 0.5) is 5.69 Å². The highest BCUT2D eigenvalue weighted by molar-refractivity contribution is 5.97. The molecule has 0 saturated carbocycles. The van der Waals surface area contributed by atoms with Crippen LogP contribution in [-0.4, -0.2) is 30.4 Å². The van der Waals surface area contributed by atoms with E-state index in [2.05, 4.69) is 10.6 Å². The Morgan fingerprint density at radius 2 is 1.76 bits per heavy atom. The summed E-state index contributed by atoms with van der Waals surface area (Å²) in [5, 5.41) is 5.41. The van der Waals surface area contributed by atoms with Gasteiger partial charge < -0.3 is 15.4 Å². The fourth-order valence-corrected chi connectivity index (χ4v) is 2.80. The zero-order valence-corrected chi connectivity index (χ0v) is 17.3. The number of anilines is 1. The van der Waals surface area contributed by atoms with Crippen molar-refractivity contribution in [3.8, 4) is 0 Å². The lowest BCUT2D eigenvalue weighted by Crippen LogP contribution is -2.46. The highest BCUT2D eigenvalue weighted by Crippen LogP contribution is 2.12. The third-order valence-corrected chi connectivity index (χ3v) is 4.45. The van der Waals surface area contributed by atoms with Gasteiger partial charge in [-0.25, -0.2) is 4.79 Å². The maximum absolute atomic E-state index is 12.5. The number of hydrogen-bond acceptors (Lipinski definition) is 4. The molecule has 0 heterocycles. The van der Waals surface area contributed by atoms with Gasteiger partial charge in [-0.15, -0.1) is 0 Å². The first-order chi connectivity index (χ1) is 13.8. The van der Waals surface area contributed by atoms with Crippen molar-refractivity contribution in [3.63, 3.8) is 0 Å². The second-order valence-corrected chi connectivity index (χ2v) is 7.27. The number of amides is 2. The van der Waals surface area contributed by atoms with Gasteiger partial charge >= 0.3 is 5.97 Å². The average molecular weight is 396 g/mol. The molecular formula is C23H28N2O4. The van der Waals surface area contributed by atoms with Gasteiger partial charge in [0.05, 0.1) is 0 Å². The van der Waals surface area contributed by atoms with Crippen LogP contribution in [-0.2, 0) is 20.7 Å². The largest absolute Gasteiger partial charge is 0.454 e. The maximum Gasteiger partial charge on any atom is 0.329 e. The van der Waals surface area contributed by atoms with Gasteiger partial charge in [-0.1, -0.05) is 50.6 Å². The molecule has 0 radical (unpaired) electrons. The SMILES string of the molecule is CCc1cccc(NC(=O)COC(=O)[C@@H](NC(=O)c2cccc(C)c2)C(C)C)c1. The highest BCUT2D eigenvalue weighted by Gasteiger charge is 2.26. The fourth-order valence-electron chi connectivity index (χ4n) is 2.80. The number of nitrogens with one attached hydrogen (secondary N) is 2. The summed E-state index contributed by atoms with van der Waals surface area (Å²) in [6.45, 7) is 7.11. The van der Waals surface area contributed by atoms with Crippen LogP contribution >= 0.6 is 0 Å². The maximum atomic E-state index is 12.5. The normalized spacial score (nSPS) is 11.6. The Kier molecular flexibility index (Phi) is 7.95. The van der Waals surface area contributed by atoms with Crippen molar-refractivity contribution in [1.29, 1.82) is 0 Å². The molecule has 6 nitrogen and oxygen atoms in total. The summed E-state index contributed by atoms with van der Waals surface area (Å²) in [6, 6.07) is 13.7. The molecule has 6 heteroatoms. The minimum atomic E-state index is -0.848. The smallest absolute Gasteiger partial charge is 0.329 e. The van der Waals surface area contributed by atoms with Gasteiger partial charge in [0.15, 0.2) is 6.61 Å². The molecule has 0 fully saturated rings. The second kappa shape index (κ2) is 10.4. The average Bonchev–Trinajstić information content (AvgIpc) is 2.70. The van der Waals surface area contributed by atoms with Gasteiger partial charge in [-0.05, 0) is 49.1 Å². The van der Waals surface area contributed by atoms with E-state index in [1.54, 1.807) is 38.1 Å². The van der Waals surface area contributed by atoms with Gasteiger partial charge in [-0.3, -0.25) is 9.59 Å². The number of esters is 1. The first-order valence-electron chi connectivity index (χ1n) is 9.73. The van der Waals surface area contributed by atoms with E-state index in [4.69, 9.17) is 4.74 Å². The molecule has 2 rings (SSSR count). The van der Waals surface area contributed by atoms with E-state index in [1.807, 2.05) is 38.1 Å². The molecule has 29 heavy (non-hydrogen) atoms. The Morgan fingerprint density at radius 3 is 2.41 bits per heavy atom. The van der Waals surface area contributed by atoms with Gasteiger partial charge in [0.25, 0.3) is 11.8 Å². The van der Waals surface area contributed by atoms with Crippen LogP contribution in [0.25, 0.3) is 0 Å². The van der Waals surface area contributed by atoms with Crippen molar-refractivity contribution < 1.29 is 19.1 Å². The van der Waals surface area contributed by atoms with Crippen LogP contribution in [0.3, 0.4) is 0 Å². The molecule has 0 unspecified atom stereocenters. The predicted octanol–water partition coefficient (Wildman–Crippen LogP) is 3.49. The van der Waals surface area contributed by atoms with Gasteiger partial charge in [0.1, 0.15) is 6.04 Å². The molecule has 0 aliphatic carbocycles. The first kappa shape index (κ1) is 22.1. The van der Waals surface area contributed by atoms with Crippen molar-refractivity contribution in [2.75, 3.05) is 11.9 Å². The van der Waals surface area contributed by atoms with E-state index < -0.39 is 24.5 Å². The minimum absolute atomic E-state index is 0.194. The van der Waals surface area contributed by atoms with Crippen LogP contribution in [0, 0.1) is 12.8 Å².